The lowest BCUT2D eigenvalue weighted by atomic mass is 10.0. The monoisotopic (exact) mass is 457 g/mol. The number of nitrogens with zero attached hydrogens (tertiary/aromatic N) is 4. The number of halogens is 4. The topological polar surface area (TPSA) is 62.2 Å². The lowest BCUT2D eigenvalue weighted by molar-refractivity contribution is -0.668. The highest BCUT2D eigenvalue weighted by Gasteiger charge is 2.43. The van der Waals surface area contributed by atoms with Crippen molar-refractivity contribution in [2.24, 2.45) is 7.05 Å². The fourth-order valence-corrected chi connectivity index (χ4v) is 4.80. The van der Waals surface area contributed by atoms with Gasteiger partial charge in [-0.25, -0.2) is 14.3 Å². The SMILES string of the molecule is CCN1CC(c2cnc(Cl)s2)n2c1[n+](C)c(O)c(-c1cccc(C(F)(F)F)c1)c2=O. The quantitative estimate of drug-likeness (QED) is 0.610. The summed E-state index contributed by atoms with van der Waals surface area (Å²) in [7, 11) is 1.57. The number of thiazole rings is 1. The first-order valence-electron chi connectivity index (χ1n) is 9.04. The molecule has 3 aromatic rings. The Bertz CT molecular complexity index is 1190. The summed E-state index contributed by atoms with van der Waals surface area (Å²) in [6, 6.07) is 3.96. The Morgan fingerprint density at radius 2 is 2.13 bits per heavy atom. The number of aromatic hydroxyl groups is 1. The maximum Gasteiger partial charge on any atom is 0.416 e. The van der Waals surface area contributed by atoms with Crippen LogP contribution in [0.3, 0.4) is 0 Å². The summed E-state index contributed by atoms with van der Waals surface area (Å²) in [5.41, 5.74) is -1.67. The molecule has 0 saturated heterocycles. The van der Waals surface area contributed by atoms with Crippen LogP contribution in [0.1, 0.15) is 23.4 Å². The van der Waals surface area contributed by atoms with Crippen LogP contribution in [-0.4, -0.2) is 27.7 Å². The molecular formula is C19H17ClF3N4O2S+. The Balaban J connectivity index is 1.98. The molecule has 0 aliphatic carbocycles. The minimum absolute atomic E-state index is 0.00531. The van der Waals surface area contributed by atoms with Crippen LogP contribution in [0.25, 0.3) is 11.1 Å². The highest BCUT2D eigenvalue weighted by atomic mass is 35.5. The second-order valence-corrected chi connectivity index (χ2v) is 8.53. The Labute approximate surface area is 178 Å². The molecule has 0 radical (unpaired) electrons. The fraction of sp³-hybridized carbons (Fsp3) is 0.316. The minimum atomic E-state index is -4.57. The van der Waals surface area contributed by atoms with E-state index in [1.54, 1.807) is 13.2 Å². The molecule has 1 aliphatic heterocycles. The zero-order valence-corrected chi connectivity index (χ0v) is 17.5. The zero-order chi connectivity index (χ0) is 21.8. The van der Waals surface area contributed by atoms with E-state index in [9.17, 15) is 23.1 Å². The largest absolute Gasteiger partial charge is 0.483 e. The molecule has 2 aromatic heterocycles. The third kappa shape index (κ3) is 3.24. The van der Waals surface area contributed by atoms with E-state index in [-0.39, 0.29) is 11.1 Å². The molecule has 30 heavy (non-hydrogen) atoms. The molecule has 0 bridgehead atoms. The Kier molecular flexibility index (Phi) is 5.01. The molecule has 3 heterocycles. The Morgan fingerprint density at radius 3 is 2.73 bits per heavy atom. The molecule has 0 fully saturated rings. The summed E-state index contributed by atoms with van der Waals surface area (Å²) in [4.78, 5) is 20.2. The average molecular weight is 458 g/mol. The van der Waals surface area contributed by atoms with Crippen molar-refractivity contribution < 1.29 is 22.8 Å². The van der Waals surface area contributed by atoms with E-state index < -0.39 is 29.2 Å². The van der Waals surface area contributed by atoms with Gasteiger partial charge in [-0.3, -0.25) is 4.90 Å². The Hall–Kier alpha value is -2.59. The summed E-state index contributed by atoms with van der Waals surface area (Å²) >= 11 is 7.21. The van der Waals surface area contributed by atoms with Crippen molar-refractivity contribution >= 4 is 28.9 Å². The third-order valence-corrected chi connectivity index (χ3v) is 6.38. The molecule has 1 N–H and O–H groups in total. The maximum atomic E-state index is 13.5. The van der Waals surface area contributed by atoms with Gasteiger partial charge < -0.3 is 5.11 Å². The number of hydrogen-bond donors (Lipinski definition) is 1. The van der Waals surface area contributed by atoms with E-state index in [2.05, 4.69) is 4.98 Å². The van der Waals surface area contributed by atoms with E-state index in [1.807, 2.05) is 11.8 Å². The average Bonchev–Trinajstić information content (AvgIpc) is 3.29. The number of fused-ring (bicyclic) bond motifs is 1. The molecule has 1 unspecified atom stereocenters. The minimum Gasteiger partial charge on any atom is -0.483 e. The van der Waals surface area contributed by atoms with Gasteiger partial charge >= 0.3 is 17.7 Å². The second kappa shape index (κ2) is 7.28. The van der Waals surface area contributed by atoms with Gasteiger partial charge in [-0.05, 0) is 24.6 Å². The van der Waals surface area contributed by atoms with Crippen molar-refractivity contribution in [2.75, 3.05) is 18.0 Å². The summed E-state index contributed by atoms with van der Waals surface area (Å²) < 4.78 is 42.8. The first-order valence-corrected chi connectivity index (χ1v) is 10.2. The number of hydrogen-bond acceptors (Lipinski definition) is 5. The molecule has 0 spiro atoms. The molecule has 0 saturated carbocycles. The molecule has 1 atom stereocenters. The lowest BCUT2D eigenvalue weighted by Crippen LogP contribution is -2.42. The molecule has 158 valence electrons. The zero-order valence-electron chi connectivity index (χ0n) is 15.9. The van der Waals surface area contributed by atoms with Crippen molar-refractivity contribution in [3.05, 3.63) is 55.7 Å². The van der Waals surface area contributed by atoms with E-state index in [0.717, 1.165) is 17.0 Å². The van der Waals surface area contributed by atoms with Gasteiger partial charge in [-0.15, -0.1) is 11.3 Å². The van der Waals surface area contributed by atoms with E-state index in [1.165, 1.54) is 32.6 Å². The normalized spacial score (nSPS) is 16.2. The number of likely N-dealkylation sites (N-methyl/N-ethyl adjacent to an activating group) is 1. The Morgan fingerprint density at radius 1 is 1.40 bits per heavy atom. The van der Waals surface area contributed by atoms with Gasteiger partial charge in [-0.1, -0.05) is 23.7 Å². The van der Waals surface area contributed by atoms with Gasteiger partial charge in [0.25, 0.3) is 5.88 Å². The van der Waals surface area contributed by atoms with Gasteiger partial charge in [0.15, 0.2) is 10.5 Å². The van der Waals surface area contributed by atoms with Crippen molar-refractivity contribution in [2.45, 2.75) is 19.1 Å². The maximum absolute atomic E-state index is 13.5. The highest BCUT2D eigenvalue weighted by molar-refractivity contribution is 7.15. The molecule has 11 heteroatoms. The van der Waals surface area contributed by atoms with Gasteiger partial charge in [0.1, 0.15) is 12.1 Å². The van der Waals surface area contributed by atoms with Crippen LogP contribution in [0.15, 0.2) is 35.3 Å². The first-order chi connectivity index (χ1) is 14.1. The van der Waals surface area contributed by atoms with Crippen LogP contribution in [0.5, 0.6) is 5.88 Å². The van der Waals surface area contributed by atoms with Crippen molar-refractivity contribution in [1.82, 2.24) is 9.55 Å². The van der Waals surface area contributed by atoms with E-state index >= 15 is 0 Å². The van der Waals surface area contributed by atoms with Crippen molar-refractivity contribution in [3.8, 4) is 17.0 Å². The van der Waals surface area contributed by atoms with Crippen molar-refractivity contribution in [1.29, 1.82) is 0 Å². The third-order valence-electron chi connectivity index (χ3n) is 5.16. The molecular weight excluding hydrogens is 441 g/mol. The van der Waals surface area contributed by atoms with Crippen LogP contribution in [-0.2, 0) is 13.2 Å². The van der Waals surface area contributed by atoms with Gasteiger partial charge in [0.2, 0.25) is 0 Å². The first kappa shape index (κ1) is 20.7. The van der Waals surface area contributed by atoms with Crippen molar-refractivity contribution in [3.63, 3.8) is 0 Å². The van der Waals surface area contributed by atoms with Gasteiger partial charge in [0, 0.05) is 6.20 Å². The fourth-order valence-electron chi connectivity index (χ4n) is 3.76. The molecule has 4 rings (SSSR count). The van der Waals surface area contributed by atoms with Crippen LogP contribution in [0, 0.1) is 0 Å². The smallest absolute Gasteiger partial charge is 0.416 e. The molecule has 6 nitrogen and oxygen atoms in total. The van der Waals surface area contributed by atoms with E-state index in [0.29, 0.717) is 23.5 Å². The summed E-state index contributed by atoms with van der Waals surface area (Å²) in [6.45, 7) is 2.93. The van der Waals surface area contributed by atoms with E-state index in [4.69, 9.17) is 11.6 Å². The number of anilines is 1. The van der Waals surface area contributed by atoms with Crippen LogP contribution < -0.4 is 15.0 Å². The molecule has 1 aromatic carbocycles. The number of alkyl halides is 3. The van der Waals surface area contributed by atoms with Crippen LogP contribution >= 0.6 is 22.9 Å². The molecule has 0 amide bonds. The van der Waals surface area contributed by atoms with Gasteiger partial charge in [0.05, 0.1) is 24.0 Å². The van der Waals surface area contributed by atoms with Gasteiger partial charge in [-0.2, -0.15) is 17.7 Å². The summed E-state index contributed by atoms with van der Waals surface area (Å²) in [6.07, 6.45) is -2.98. The predicted molar refractivity (Wildman–Crippen MR) is 107 cm³/mol. The lowest BCUT2D eigenvalue weighted by Gasteiger charge is -2.14. The highest BCUT2D eigenvalue weighted by Crippen LogP contribution is 2.37. The number of aromatic nitrogens is 3. The number of rotatable bonds is 3. The summed E-state index contributed by atoms with van der Waals surface area (Å²) in [5.74, 6) is 0.0669. The van der Waals surface area contributed by atoms with Crippen LogP contribution in [0.2, 0.25) is 4.47 Å². The second-order valence-electron chi connectivity index (χ2n) is 6.88. The standard InChI is InChI=1S/C19H16ClF3N4O2S/c1-3-26-9-12(13-8-24-17(20)30-13)27-16(29)14(15(28)25(2)18(26)27)10-5-4-6-11(7-10)19(21,22)23/h4-8,12H,3,9H2,1-2H3/p+1. The van der Waals surface area contributed by atoms with Crippen LogP contribution in [0.4, 0.5) is 19.1 Å². The molecule has 1 aliphatic rings. The predicted octanol–water partition coefficient (Wildman–Crippen LogP) is 3.60. The summed E-state index contributed by atoms with van der Waals surface area (Å²) in [5, 5.41) is 10.8. The number of benzene rings is 1.